The van der Waals surface area contributed by atoms with Gasteiger partial charge >= 0.3 is 0 Å². The van der Waals surface area contributed by atoms with E-state index in [0.717, 1.165) is 23.1 Å². The summed E-state index contributed by atoms with van der Waals surface area (Å²) in [5.74, 6) is 0. The topological polar surface area (TPSA) is 72.2 Å². The Labute approximate surface area is 161 Å². The van der Waals surface area contributed by atoms with Gasteiger partial charge in [-0.3, -0.25) is 0 Å². The van der Waals surface area contributed by atoms with E-state index in [1.807, 2.05) is 79.7 Å². The van der Waals surface area contributed by atoms with Crippen LogP contribution >= 0.6 is 0 Å². The molecule has 27 heavy (non-hydrogen) atoms. The monoisotopic (exact) mass is 380 g/mol. The molecule has 2 atom stereocenters. The minimum Gasteiger partial charge on any atom is -0.322 e. The third kappa shape index (κ3) is 4.63. The fourth-order valence-electron chi connectivity index (χ4n) is 3.02. The van der Waals surface area contributed by atoms with Crippen LogP contribution in [-0.2, 0) is 16.4 Å². The normalized spacial score (nSPS) is 13.9. The van der Waals surface area contributed by atoms with Crippen molar-refractivity contribution in [3.63, 3.8) is 0 Å². The largest absolute Gasteiger partial charge is 0.322 e. The van der Waals surface area contributed by atoms with Crippen molar-refractivity contribution in [2.75, 3.05) is 0 Å². The molecular weight excluding hydrogens is 356 g/mol. The van der Waals surface area contributed by atoms with Gasteiger partial charge in [0.05, 0.1) is 17.0 Å². The van der Waals surface area contributed by atoms with Crippen LogP contribution in [0.3, 0.4) is 0 Å². The van der Waals surface area contributed by atoms with Gasteiger partial charge in [-0.2, -0.15) is 0 Å². The lowest BCUT2D eigenvalue weighted by Gasteiger charge is -2.26. The summed E-state index contributed by atoms with van der Waals surface area (Å²) in [6, 6.07) is 24.8. The van der Waals surface area contributed by atoms with E-state index in [1.165, 1.54) is 0 Å². The summed E-state index contributed by atoms with van der Waals surface area (Å²) in [5.41, 5.74) is 9.26. The predicted molar refractivity (Wildman–Crippen MR) is 109 cm³/mol. The van der Waals surface area contributed by atoms with Gasteiger partial charge in [-0.1, -0.05) is 79.7 Å². The average Bonchev–Trinajstić information content (AvgIpc) is 2.73. The van der Waals surface area contributed by atoms with Crippen molar-refractivity contribution in [3.8, 4) is 0 Å². The highest BCUT2D eigenvalue weighted by atomic mass is 32.2. The second-order valence-corrected chi connectivity index (χ2v) is 8.16. The molecule has 3 aromatic rings. The molecule has 5 heteroatoms. The molecule has 0 saturated carbocycles. The smallest absolute Gasteiger partial charge is 0.241 e. The average molecular weight is 381 g/mol. The van der Waals surface area contributed by atoms with Crippen molar-refractivity contribution in [3.05, 3.63) is 102 Å². The molecule has 3 aromatic carbocycles. The third-order valence-corrected chi connectivity index (χ3v) is 6.08. The van der Waals surface area contributed by atoms with Gasteiger partial charge < -0.3 is 5.73 Å². The third-order valence-electron chi connectivity index (χ3n) is 4.63. The maximum absolute atomic E-state index is 13.0. The Bertz CT molecular complexity index is 956. The SMILES string of the molecule is CCc1ccc(S(=O)(=O)N[C@@H](c2ccccc2)[C@@H](N)c2ccccc2)cc1. The molecule has 0 aliphatic carbocycles. The molecule has 0 aromatic heterocycles. The number of hydrogen-bond acceptors (Lipinski definition) is 3. The van der Waals surface area contributed by atoms with Gasteiger partial charge in [0.2, 0.25) is 10.0 Å². The van der Waals surface area contributed by atoms with Crippen molar-refractivity contribution in [2.45, 2.75) is 30.3 Å². The summed E-state index contributed by atoms with van der Waals surface area (Å²) in [6.07, 6.45) is 0.860. The highest BCUT2D eigenvalue weighted by Gasteiger charge is 2.27. The molecule has 0 saturated heterocycles. The number of benzene rings is 3. The zero-order chi connectivity index (χ0) is 19.3. The Morgan fingerprint density at radius 3 is 1.85 bits per heavy atom. The Hall–Kier alpha value is -2.47. The van der Waals surface area contributed by atoms with Crippen LogP contribution in [0.25, 0.3) is 0 Å². The Morgan fingerprint density at radius 2 is 1.33 bits per heavy atom. The Kier molecular flexibility index (Phi) is 6.06. The molecule has 0 amide bonds. The summed E-state index contributed by atoms with van der Waals surface area (Å²) in [6.45, 7) is 2.03. The molecular formula is C22H24N2O2S. The molecule has 0 fully saturated rings. The lowest BCUT2D eigenvalue weighted by molar-refractivity contribution is 0.504. The second-order valence-electron chi connectivity index (χ2n) is 6.44. The summed E-state index contributed by atoms with van der Waals surface area (Å²) < 4.78 is 28.8. The minimum atomic E-state index is -3.72. The van der Waals surface area contributed by atoms with E-state index in [1.54, 1.807) is 12.1 Å². The van der Waals surface area contributed by atoms with Crippen LogP contribution in [0, 0.1) is 0 Å². The van der Waals surface area contributed by atoms with Crippen LogP contribution in [0.1, 0.15) is 35.7 Å². The van der Waals surface area contributed by atoms with Crippen LogP contribution in [-0.4, -0.2) is 8.42 Å². The Balaban J connectivity index is 1.95. The molecule has 140 valence electrons. The van der Waals surface area contributed by atoms with Gasteiger partial charge in [-0.15, -0.1) is 0 Å². The maximum atomic E-state index is 13.0. The number of rotatable bonds is 7. The number of nitrogens with two attached hydrogens (primary N) is 1. The fraction of sp³-hybridized carbons (Fsp3) is 0.182. The van der Waals surface area contributed by atoms with Gasteiger partial charge in [-0.05, 0) is 35.2 Å². The van der Waals surface area contributed by atoms with E-state index >= 15 is 0 Å². The first-order valence-corrected chi connectivity index (χ1v) is 10.5. The van der Waals surface area contributed by atoms with Crippen LogP contribution in [0.5, 0.6) is 0 Å². The van der Waals surface area contributed by atoms with E-state index in [2.05, 4.69) is 4.72 Å². The summed E-state index contributed by atoms with van der Waals surface area (Å²) in [7, 11) is -3.72. The molecule has 3 N–H and O–H groups in total. The van der Waals surface area contributed by atoms with E-state index in [0.29, 0.717) is 0 Å². The lowest BCUT2D eigenvalue weighted by atomic mass is 9.95. The van der Waals surface area contributed by atoms with Gasteiger partial charge in [0.25, 0.3) is 0 Å². The summed E-state index contributed by atoms with van der Waals surface area (Å²) >= 11 is 0. The number of hydrogen-bond donors (Lipinski definition) is 2. The molecule has 3 rings (SSSR count). The molecule has 0 aliphatic rings. The predicted octanol–water partition coefficient (Wildman–Crippen LogP) is 3.97. The first-order chi connectivity index (χ1) is 13.0. The minimum absolute atomic E-state index is 0.237. The summed E-state index contributed by atoms with van der Waals surface area (Å²) in [4.78, 5) is 0.237. The van der Waals surface area contributed by atoms with Gasteiger partial charge in [0, 0.05) is 0 Å². The zero-order valence-electron chi connectivity index (χ0n) is 15.2. The summed E-state index contributed by atoms with van der Waals surface area (Å²) in [5, 5.41) is 0. The molecule has 0 bridgehead atoms. The fourth-order valence-corrected chi connectivity index (χ4v) is 4.26. The molecule has 0 aliphatic heterocycles. The van der Waals surface area contributed by atoms with Crippen LogP contribution in [0.15, 0.2) is 89.8 Å². The molecule has 0 radical (unpaired) electrons. The van der Waals surface area contributed by atoms with E-state index in [-0.39, 0.29) is 4.90 Å². The standard InChI is InChI=1S/C22H24N2O2S/c1-2-17-13-15-20(16-14-17)27(25,26)24-22(19-11-7-4-8-12-19)21(23)18-9-5-3-6-10-18/h3-16,21-22,24H,2,23H2,1H3/t21-,22-/m0/s1. The van der Waals surface area contributed by atoms with Crippen LogP contribution < -0.4 is 10.5 Å². The van der Waals surface area contributed by atoms with E-state index in [9.17, 15) is 8.42 Å². The van der Waals surface area contributed by atoms with Crippen molar-refractivity contribution >= 4 is 10.0 Å². The zero-order valence-corrected chi connectivity index (χ0v) is 16.1. The van der Waals surface area contributed by atoms with Crippen LogP contribution in [0.4, 0.5) is 0 Å². The highest BCUT2D eigenvalue weighted by Crippen LogP contribution is 2.28. The molecule has 0 heterocycles. The molecule has 0 unspecified atom stereocenters. The number of sulfonamides is 1. The molecule has 0 spiro atoms. The van der Waals surface area contributed by atoms with Crippen molar-refractivity contribution < 1.29 is 8.42 Å². The van der Waals surface area contributed by atoms with Crippen molar-refractivity contribution in [2.24, 2.45) is 5.73 Å². The first-order valence-electron chi connectivity index (χ1n) is 8.98. The second kappa shape index (κ2) is 8.48. The highest BCUT2D eigenvalue weighted by molar-refractivity contribution is 7.89. The first kappa shape index (κ1) is 19.3. The number of aryl methyl sites for hydroxylation is 1. The quantitative estimate of drug-likeness (QED) is 0.651. The molecule has 4 nitrogen and oxygen atoms in total. The van der Waals surface area contributed by atoms with Gasteiger partial charge in [0.1, 0.15) is 0 Å². The lowest BCUT2D eigenvalue weighted by Crippen LogP contribution is -2.36. The van der Waals surface area contributed by atoms with Crippen molar-refractivity contribution in [1.29, 1.82) is 0 Å². The van der Waals surface area contributed by atoms with Gasteiger partial charge in [0.15, 0.2) is 0 Å². The number of nitrogens with one attached hydrogen (secondary N) is 1. The Morgan fingerprint density at radius 1 is 0.815 bits per heavy atom. The van der Waals surface area contributed by atoms with E-state index in [4.69, 9.17) is 5.73 Å². The van der Waals surface area contributed by atoms with E-state index < -0.39 is 22.1 Å². The van der Waals surface area contributed by atoms with Crippen LogP contribution in [0.2, 0.25) is 0 Å². The van der Waals surface area contributed by atoms with Gasteiger partial charge in [-0.25, -0.2) is 13.1 Å². The van der Waals surface area contributed by atoms with Crippen molar-refractivity contribution in [1.82, 2.24) is 4.72 Å². The maximum Gasteiger partial charge on any atom is 0.241 e.